The minimum Gasteiger partial charge on any atom is -0.351 e. The van der Waals surface area contributed by atoms with Crippen molar-refractivity contribution in [2.45, 2.75) is 52.1 Å². The Labute approximate surface area is 167 Å². The second-order valence-electron chi connectivity index (χ2n) is 8.58. The second kappa shape index (κ2) is 9.02. The van der Waals surface area contributed by atoms with Crippen molar-refractivity contribution in [2.24, 2.45) is 11.7 Å². The number of urea groups is 1. The molecule has 0 aromatic heterocycles. The zero-order chi connectivity index (χ0) is 20.9. The summed E-state index contributed by atoms with van der Waals surface area (Å²) in [6, 6.07) is 16.7. The van der Waals surface area contributed by atoms with E-state index >= 15 is 0 Å². The van der Waals surface area contributed by atoms with Gasteiger partial charge in [0.25, 0.3) is 5.91 Å². The van der Waals surface area contributed by atoms with Gasteiger partial charge in [0.05, 0.1) is 0 Å². The SMILES string of the molecule is CC(C)[C@H]([NH2+][C@@H](C(=O)NC(N)=O)c1ccccc1)c1ccc(C(C)(C)C)cc1. The molecule has 28 heavy (non-hydrogen) atoms. The Bertz CT molecular complexity index is 793. The standard InChI is InChI=1S/C23H31N3O2/c1-15(2)19(17-11-13-18(14-12-17)23(3,4)5)25-20(21(27)26-22(24)28)16-9-7-6-8-10-16/h6-15,19-20,25H,1-5H3,(H3,24,26,27,28)/p+1/t19-,20+/m0/s1. The molecule has 2 atom stereocenters. The van der Waals surface area contributed by atoms with Crippen LogP contribution < -0.4 is 16.4 Å². The first-order chi connectivity index (χ1) is 13.1. The fourth-order valence-corrected chi connectivity index (χ4v) is 3.34. The summed E-state index contributed by atoms with van der Waals surface area (Å²) in [4.78, 5) is 23.9. The van der Waals surface area contributed by atoms with Crippen LogP contribution in [0.1, 0.15) is 63.4 Å². The van der Waals surface area contributed by atoms with E-state index in [1.165, 1.54) is 5.56 Å². The number of hydrogen-bond acceptors (Lipinski definition) is 2. The van der Waals surface area contributed by atoms with Gasteiger partial charge in [0.15, 0.2) is 6.04 Å². The van der Waals surface area contributed by atoms with Crippen LogP contribution in [0.3, 0.4) is 0 Å². The van der Waals surface area contributed by atoms with Crippen molar-refractivity contribution in [3.8, 4) is 0 Å². The normalized spacial score (nSPS) is 13.8. The fraction of sp³-hybridized carbons (Fsp3) is 0.391. The molecule has 0 spiro atoms. The molecule has 150 valence electrons. The first-order valence-corrected chi connectivity index (χ1v) is 9.70. The molecule has 0 saturated heterocycles. The number of imide groups is 1. The van der Waals surface area contributed by atoms with E-state index < -0.39 is 18.0 Å². The summed E-state index contributed by atoms with van der Waals surface area (Å²) in [5, 5.41) is 4.25. The lowest BCUT2D eigenvalue weighted by atomic mass is 9.85. The molecule has 0 aliphatic rings. The Morgan fingerprint density at radius 3 is 1.96 bits per heavy atom. The molecule has 2 aromatic rings. The Morgan fingerprint density at radius 1 is 0.929 bits per heavy atom. The van der Waals surface area contributed by atoms with E-state index in [0.717, 1.165) is 11.1 Å². The molecule has 0 unspecified atom stereocenters. The maximum absolute atomic E-state index is 12.7. The topological polar surface area (TPSA) is 88.8 Å². The van der Waals surface area contributed by atoms with E-state index in [0.29, 0.717) is 0 Å². The summed E-state index contributed by atoms with van der Waals surface area (Å²) < 4.78 is 0. The highest BCUT2D eigenvalue weighted by Crippen LogP contribution is 2.26. The van der Waals surface area contributed by atoms with Gasteiger partial charge < -0.3 is 11.1 Å². The highest BCUT2D eigenvalue weighted by Gasteiger charge is 2.31. The van der Waals surface area contributed by atoms with Crippen LogP contribution in [0, 0.1) is 5.92 Å². The fourth-order valence-electron chi connectivity index (χ4n) is 3.34. The highest BCUT2D eigenvalue weighted by atomic mass is 16.2. The van der Waals surface area contributed by atoms with E-state index in [1.54, 1.807) is 0 Å². The first-order valence-electron chi connectivity index (χ1n) is 9.70. The average Bonchev–Trinajstić information content (AvgIpc) is 2.61. The number of benzene rings is 2. The predicted molar refractivity (Wildman–Crippen MR) is 112 cm³/mol. The van der Waals surface area contributed by atoms with Gasteiger partial charge in [-0.2, -0.15) is 0 Å². The summed E-state index contributed by atoms with van der Waals surface area (Å²) in [5.41, 5.74) is 8.52. The smallest absolute Gasteiger partial charge is 0.319 e. The molecule has 5 heteroatoms. The number of amides is 3. The zero-order valence-electron chi connectivity index (χ0n) is 17.4. The number of carbonyl (C=O) groups excluding carboxylic acids is 2. The lowest BCUT2D eigenvalue weighted by Crippen LogP contribution is -2.89. The number of nitrogens with one attached hydrogen (secondary N) is 1. The predicted octanol–water partition coefficient (Wildman–Crippen LogP) is 3.18. The summed E-state index contributed by atoms with van der Waals surface area (Å²) in [5.74, 6) is -0.122. The van der Waals surface area contributed by atoms with Crippen LogP contribution >= 0.6 is 0 Å². The van der Waals surface area contributed by atoms with Crippen molar-refractivity contribution in [3.05, 3.63) is 71.3 Å². The van der Waals surface area contributed by atoms with Gasteiger partial charge >= 0.3 is 6.03 Å². The van der Waals surface area contributed by atoms with Crippen molar-refractivity contribution in [1.82, 2.24) is 5.32 Å². The van der Waals surface area contributed by atoms with Crippen molar-refractivity contribution in [3.63, 3.8) is 0 Å². The number of rotatable bonds is 6. The van der Waals surface area contributed by atoms with Crippen LogP contribution in [0.15, 0.2) is 54.6 Å². The second-order valence-corrected chi connectivity index (χ2v) is 8.58. The molecule has 0 aliphatic carbocycles. The molecule has 0 aliphatic heterocycles. The Morgan fingerprint density at radius 2 is 1.50 bits per heavy atom. The van der Waals surface area contributed by atoms with E-state index in [1.807, 2.05) is 35.6 Å². The quantitative estimate of drug-likeness (QED) is 0.716. The first kappa shape index (κ1) is 21.6. The molecule has 0 fully saturated rings. The lowest BCUT2D eigenvalue weighted by molar-refractivity contribution is -0.728. The summed E-state index contributed by atoms with van der Waals surface area (Å²) >= 11 is 0. The Hall–Kier alpha value is -2.66. The lowest BCUT2D eigenvalue weighted by Gasteiger charge is -2.26. The average molecular weight is 383 g/mol. The zero-order valence-corrected chi connectivity index (χ0v) is 17.4. The molecule has 2 rings (SSSR count). The molecule has 0 heterocycles. The third-order valence-corrected chi connectivity index (χ3v) is 4.97. The number of nitrogens with two attached hydrogens (primary N) is 2. The van der Waals surface area contributed by atoms with E-state index in [2.05, 4.69) is 64.2 Å². The molecule has 5 nitrogen and oxygen atoms in total. The maximum Gasteiger partial charge on any atom is 0.319 e. The molecular formula is C23H32N3O2+. The van der Waals surface area contributed by atoms with Crippen LogP contribution in [0.25, 0.3) is 0 Å². The summed E-state index contributed by atoms with van der Waals surface area (Å²) in [6.45, 7) is 10.8. The van der Waals surface area contributed by atoms with Gasteiger partial charge in [0, 0.05) is 17.0 Å². The third-order valence-electron chi connectivity index (χ3n) is 4.97. The third kappa shape index (κ3) is 5.67. The van der Waals surface area contributed by atoms with E-state index in [9.17, 15) is 9.59 Å². The monoisotopic (exact) mass is 382 g/mol. The van der Waals surface area contributed by atoms with Gasteiger partial charge in [0.2, 0.25) is 0 Å². The molecular weight excluding hydrogens is 350 g/mol. The van der Waals surface area contributed by atoms with E-state index in [-0.39, 0.29) is 17.4 Å². The molecule has 3 amide bonds. The van der Waals surface area contributed by atoms with E-state index in [4.69, 9.17) is 5.73 Å². The Balaban J connectivity index is 2.35. The minimum atomic E-state index is -0.838. The number of hydrogen-bond donors (Lipinski definition) is 3. The molecule has 2 aromatic carbocycles. The van der Waals surface area contributed by atoms with Crippen LogP contribution in [-0.2, 0) is 10.2 Å². The van der Waals surface area contributed by atoms with Gasteiger partial charge in [-0.25, -0.2) is 4.79 Å². The molecule has 0 radical (unpaired) electrons. The molecule has 0 saturated carbocycles. The van der Waals surface area contributed by atoms with Crippen molar-refractivity contribution >= 4 is 11.9 Å². The minimum absolute atomic E-state index is 0.0536. The van der Waals surface area contributed by atoms with Crippen LogP contribution in [0.4, 0.5) is 4.79 Å². The van der Waals surface area contributed by atoms with Crippen LogP contribution in [-0.4, -0.2) is 11.9 Å². The largest absolute Gasteiger partial charge is 0.351 e. The Kier molecular flexibility index (Phi) is 6.97. The highest BCUT2D eigenvalue weighted by molar-refractivity contribution is 5.96. The van der Waals surface area contributed by atoms with Crippen LogP contribution in [0.5, 0.6) is 0 Å². The molecule has 0 bridgehead atoms. The van der Waals surface area contributed by atoms with Crippen molar-refractivity contribution in [2.75, 3.05) is 0 Å². The molecule has 5 N–H and O–H groups in total. The summed E-state index contributed by atoms with van der Waals surface area (Å²) in [7, 11) is 0. The van der Waals surface area contributed by atoms with Crippen LogP contribution in [0.2, 0.25) is 0 Å². The maximum atomic E-state index is 12.7. The van der Waals surface area contributed by atoms with Crippen molar-refractivity contribution in [1.29, 1.82) is 0 Å². The summed E-state index contributed by atoms with van der Waals surface area (Å²) in [6.07, 6.45) is 0. The number of quaternary nitrogens is 1. The number of carbonyl (C=O) groups is 2. The number of primary amides is 1. The van der Waals surface area contributed by atoms with Gasteiger partial charge in [-0.3, -0.25) is 10.1 Å². The van der Waals surface area contributed by atoms with Crippen molar-refractivity contribution < 1.29 is 14.9 Å². The van der Waals surface area contributed by atoms with Gasteiger partial charge in [-0.1, -0.05) is 89.2 Å². The van der Waals surface area contributed by atoms with Gasteiger partial charge in [-0.15, -0.1) is 0 Å². The van der Waals surface area contributed by atoms with Gasteiger partial charge in [0.1, 0.15) is 6.04 Å². The van der Waals surface area contributed by atoms with Gasteiger partial charge in [-0.05, 0) is 11.0 Å².